The van der Waals surface area contributed by atoms with Crippen LogP contribution in [0.1, 0.15) is 34.6 Å². The topological polar surface area (TPSA) is 18.5 Å². The van der Waals surface area contributed by atoms with Gasteiger partial charge in [-0.1, -0.05) is 34.6 Å². The van der Waals surface area contributed by atoms with Gasteiger partial charge in [0.25, 0.3) is 0 Å². The van der Waals surface area contributed by atoms with Crippen LogP contribution in [0.15, 0.2) is 0 Å². The van der Waals surface area contributed by atoms with Gasteiger partial charge in [0.15, 0.2) is 0 Å². The molecule has 0 N–H and O–H groups in total. The molecule has 0 unspecified atom stereocenters. The third kappa shape index (κ3) is 6.57. The Morgan fingerprint density at radius 2 is 1.29 bits per heavy atom. The van der Waals surface area contributed by atoms with E-state index in [1.54, 1.807) is 0 Å². The first-order chi connectivity index (χ1) is 6.39. The first-order valence-corrected chi connectivity index (χ1v) is 8.20. The zero-order valence-corrected chi connectivity index (χ0v) is 11.6. The predicted molar refractivity (Wildman–Crippen MR) is 63.7 cm³/mol. The lowest BCUT2D eigenvalue weighted by Gasteiger charge is -2.27. The molecule has 0 radical (unpaired) electrons. The molecule has 0 heterocycles. The Balaban J connectivity index is 3.91. The van der Waals surface area contributed by atoms with Crippen LogP contribution < -0.4 is 0 Å². The van der Waals surface area contributed by atoms with Gasteiger partial charge in [-0.3, -0.25) is 0 Å². The van der Waals surface area contributed by atoms with Gasteiger partial charge in [0.1, 0.15) is 0 Å². The van der Waals surface area contributed by atoms with Crippen molar-refractivity contribution in [2.45, 2.75) is 47.2 Å². The van der Waals surface area contributed by atoms with Crippen molar-refractivity contribution >= 4 is 8.56 Å². The molecular weight excluding hydrogens is 192 g/mol. The molecule has 0 atom stereocenters. The summed E-state index contributed by atoms with van der Waals surface area (Å²) in [5.41, 5.74) is 0. The molecule has 0 spiro atoms. The predicted octanol–water partition coefficient (Wildman–Crippen LogP) is 3.42. The second-order valence-corrected chi connectivity index (χ2v) is 8.45. The highest BCUT2D eigenvalue weighted by Crippen LogP contribution is 2.15. The summed E-state index contributed by atoms with van der Waals surface area (Å²) in [6.45, 7) is 14.7. The van der Waals surface area contributed by atoms with E-state index in [0.717, 1.165) is 19.3 Å². The monoisotopic (exact) mass is 218 g/mol. The lowest BCUT2D eigenvalue weighted by Crippen LogP contribution is -2.40. The Labute approximate surface area is 90.2 Å². The summed E-state index contributed by atoms with van der Waals surface area (Å²) in [5.74, 6) is 1.19. The van der Waals surface area contributed by atoms with E-state index >= 15 is 0 Å². The van der Waals surface area contributed by atoms with E-state index in [1.807, 2.05) is 0 Å². The first-order valence-electron chi connectivity index (χ1n) is 5.67. The Hall–Kier alpha value is 0.137. The summed E-state index contributed by atoms with van der Waals surface area (Å²) in [6.07, 6.45) is 0. The van der Waals surface area contributed by atoms with Crippen LogP contribution >= 0.6 is 0 Å². The van der Waals surface area contributed by atoms with Crippen molar-refractivity contribution in [1.82, 2.24) is 0 Å². The molecule has 86 valence electrons. The Morgan fingerprint density at radius 1 is 0.929 bits per heavy atom. The summed E-state index contributed by atoms with van der Waals surface area (Å²) in [6, 6.07) is 1.03. The fourth-order valence-electron chi connectivity index (χ4n) is 0.932. The standard InChI is InChI=1S/C11H26O2Si/c1-7-14(6,12-8-10(2)3)13-9-11(4)5/h10-11H,7-9H2,1-6H3. The van der Waals surface area contributed by atoms with Crippen LogP contribution in [-0.4, -0.2) is 21.8 Å². The van der Waals surface area contributed by atoms with Gasteiger partial charge in [0, 0.05) is 13.2 Å². The SMILES string of the molecule is CC[Si](C)(OCC(C)C)OCC(C)C. The summed E-state index contributed by atoms with van der Waals surface area (Å²) in [5, 5.41) is 0. The average molecular weight is 218 g/mol. The molecule has 2 nitrogen and oxygen atoms in total. The molecule has 0 bridgehead atoms. The lowest BCUT2D eigenvalue weighted by molar-refractivity contribution is 0.143. The minimum Gasteiger partial charge on any atom is -0.394 e. The van der Waals surface area contributed by atoms with Crippen LogP contribution in [0.3, 0.4) is 0 Å². The Bertz CT molecular complexity index is 134. The first kappa shape index (κ1) is 14.1. The second kappa shape index (κ2) is 6.59. The molecule has 0 rings (SSSR count). The van der Waals surface area contributed by atoms with E-state index in [4.69, 9.17) is 8.85 Å². The zero-order chi connectivity index (χ0) is 11.2. The molecule has 0 aliphatic heterocycles. The van der Waals surface area contributed by atoms with Crippen molar-refractivity contribution in [3.8, 4) is 0 Å². The number of rotatable bonds is 7. The van der Waals surface area contributed by atoms with Crippen LogP contribution in [0.2, 0.25) is 12.6 Å². The highest BCUT2D eigenvalue weighted by Gasteiger charge is 2.29. The van der Waals surface area contributed by atoms with Crippen LogP contribution in [0, 0.1) is 11.8 Å². The maximum absolute atomic E-state index is 5.91. The van der Waals surface area contributed by atoms with E-state index < -0.39 is 8.56 Å². The van der Waals surface area contributed by atoms with E-state index in [0.29, 0.717) is 11.8 Å². The molecule has 0 aromatic rings. The minimum absolute atomic E-state index is 0.594. The molecule has 0 aromatic carbocycles. The number of hydrogen-bond donors (Lipinski definition) is 0. The van der Waals surface area contributed by atoms with E-state index in [9.17, 15) is 0 Å². The van der Waals surface area contributed by atoms with E-state index in [-0.39, 0.29) is 0 Å². The van der Waals surface area contributed by atoms with Crippen molar-refractivity contribution in [2.75, 3.05) is 13.2 Å². The van der Waals surface area contributed by atoms with Gasteiger partial charge >= 0.3 is 8.56 Å². The van der Waals surface area contributed by atoms with Gasteiger partial charge in [-0.15, -0.1) is 0 Å². The van der Waals surface area contributed by atoms with Crippen molar-refractivity contribution in [2.24, 2.45) is 11.8 Å². The largest absolute Gasteiger partial charge is 0.394 e. The van der Waals surface area contributed by atoms with E-state index in [2.05, 4.69) is 41.2 Å². The Morgan fingerprint density at radius 3 is 1.50 bits per heavy atom. The quantitative estimate of drug-likeness (QED) is 0.610. The van der Waals surface area contributed by atoms with Gasteiger partial charge < -0.3 is 8.85 Å². The van der Waals surface area contributed by atoms with Crippen LogP contribution in [0.5, 0.6) is 0 Å². The molecular formula is C11H26O2Si. The third-order valence-corrected chi connectivity index (χ3v) is 4.93. The molecule has 0 fully saturated rings. The van der Waals surface area contributed by atoms with Gasteiger partial charge in [0.2, 0.25) is 0 Å². The van der Waals surface area contributed by atoms with Gasteiger partial charge in [0.05, 0.1) is 0 Å². The third-order valence-electron chi connectivity index (χ3n) is 2.09. The minimum atomic E-state index is -1.85. The fourth-order valence-corrected chi connectivity index (χ4v) is 2.80. The van der Waals surface area contributed by atoms with Crippen LogP contribution in [-0.2, 0) is 8.85 Å². The van der Waals surface area contributed by atoms with Crippen LogP contribution in [0.4, 0.5) is 0 Å². The summed E-state index contributed by atoms with van der Waals surface area (Å²) >= 11 is 0. The summed E-state index contributed by atoms with van der Waals surface area (Å²) in [4.78, 5) is 0. The fraction of sp³-hybridized carbons (Fsp3) is 1.00. The normalized spacial score (nSPS) is 12.9. The second-order valence-electron chi connectivity index (χ2n) is 4.90. The van der Waals surface area contributed by atoms with Gasteiger partial charge in [-0.25, -0.2) is 0 Å². The summed E-state index contributed by atoms with van der Waals surface area (Å²) < 4.78 is 11.8. The zero-order valence-electron chi connectivity index (χ0n) is 10.6. The Kier molecular flexibility index (Phi) is 6.65. The molecule has 14 heavy (non-hydrogen) atoms. The molecule has 0 saturated heterocycles. The molecule has 0 aliphatic carbocycles. The van der Waals surface area contributed by atoms with Gasteiger partial charge in [-0.2, -0.15) is 0 Å². The van der Waals surface area contributed by atoms with E-state index in [1.165, 1.54) is 0 Å². The van der Waals surface area contributed by atoms with Crippen molar-refractivity contribution in [1.29, 1.82) is 0 Å². The molecule has 0 aromatic heterocycles. The highest BCUT2D eigenvalue weighted by atomic mass is 28.4. The summed E-state index contributed by atoms with van der Waals surface area (Å²) in [7, 11) is -1.85. The highest BCUT2D eigenvalue weighted by molar-refractivity contribution is 6.65. The maximum Gasteiger partial charge on any atom is 0.334 e. The molecule has 0 amide bonds. The average Bonchev–Trinajstić information content (AvgIpc) is 2.11. The molecule has 0 aliphatic rings. The van der Waals surface area contributed by atoms with Crippen LogP contribution in [0.25, 0.3) is 0 Å². The van der Waals surface area contributed by atoms with Crippen molar-refractivity contribution < 1.29 is 8.85 Å². The molecule has 3 heteroatoms. The maximum atomic E-state index is 5.91. The smallest absolute Gasteiger partial charge is 0.334 e. The van der Waals surface area contributed by atoms with Gasteiger partial charge in [-0.05, 0) is 24.4 Å². The molecule has 0 saturated carbocycles. The number of hydrogen-bond acceptors (Lipinski definition) is 2. The van der Waals surface area contributed by atoms with Crippen molar-refractivity contribution in [3.63, 3.8) is 0 Å². The lowest BCUT2D eigenvalue weighted by atomic mass is 10.2. The van der Waals surface area contributed by atoms with Crippen molar-refractivity contribution in [3.05, 3.63) is 0 Å².